The van der Waals surface area contributed by atoms with E-state index in [-0.39, 0.29) is 5.75 Å². The maximum absolute atomic E-state index is 10.2. The Balaban J connectivity index is 2.68. The molecule has 0 spiro atoms. The van der Waals surface area contributed by atoms with E-state index < -0.39 is 0 Å². The number of nitrogens with zero attached hydrogens (tertiary/aromatic N) is 1. The largest absolute Gasteiger partial charge is 0.504 e. The van der Waals surface area contributed by atoms with Crippen LogP contribution < -0.4 is 10.1 Å². The van der Waals surface area contributed by atoms with Gasteiger partial charge in [-0.05, 0) is 39.4 Å². The molecule has 0 radical (unpaired) electrons. The molecule has 0 aliphatic carbocycles. The number of phenolic OH excluding ortho intramolecular Hbond substituents is 1. The minimum atomic E-state index is 0.250. The molecule has 1 unspecified atom stereocenters. The highest BCUT2D eigenvalue weighted by molar-refractivity contribution is 5.45. The van der Waals surface area contributed by atoms with Crippen LogP contribution in [-0.4, -0.2) is 43.3 Å². The van der Waals surface area contributed by atoms with Crippen molar-refractivity contribution in [3.8, 4) is 11.5 Å². The van der Waals surface area contributed by atoms with E-state index in [1.165, 1.54) is 0 Å². The summed E-state index contributed by atoms with van der Waals surface area (Å²) in [6, 6.07) is 6.07. The van der Waals surface area contributed by atoms with Crippen LogP contribution in [-0.2, 0) is 6.54 Å². The van der Waals surface area contributed by atoms with E-state index in [1.807, 2.05) is 19.1 Å². The summed E-state index contributed by atoms with van der Waals surface area (Å²) in [6.07, 6.45) is 1.12. The van der Waals surface area contributed by atoms with Crippen LogP contribution in [0.3, 0.4) is 0 Å². The molecule has 120 valence electrons. The zero-order valence-corrected chi connectivity index (χ0v) is 14.0. The standard InChI is InChI=1S/C17H30N2O2/c1-6-21-16-9-7-8-14(17(16)20)11-18-15(10-13(2)3)12-19(4)5/h7-9,13,15,18,20H,6,10-12H2,1-5H3. The molecule has 1 aromatic carbocycles. The van der Waals surface area contributed by atoms with Gasteiger partial charge < -0.3 is 20.1 Å². The number of rotatable bonds is 9. The first kappa shape index (κ1) is 17.8. The Kier molecular flexibility index (Phi) is 7.54. The molecule has 0 amide bonds. The summed E-state index contributed by atoms with van der Waals surface area (Å²) in [6.45, 7) is 8.58. The Morgan fingerprint density at radius 1 is 1.29 bits per heavy atom. The quantitative estimate of drug-likeness (QED) is 0.735. The minimum Gasteiger partial charge on any atom is -0.504 e. The van der Waals surface area contributed by atoms with Crippen molar-refractivity contribution in [1.82, 2.24) is 10.2 Å². The fourth-order valence-corrected chi connectivity index (χ4v) is 2.47. The predicted octanol–water partition coefficient (Wildman–Crippen LogP) is 2.86. The fraction of sp³-hybridized carbons (Fsp3) is 0.647. The molecule has 1 rings (SSSR count). The van der Waals surface area contributed by atoms with Crippen molar-refractivity contribution in [1.29, 1.82) is 0 Å². The van der Waals surface area contributed by atoms with Gasteiger partial charge in [0.15, 0.2) is 11.5 Å². The molecule has 0 aliphatic heterocycles. The molecule has 0 heterocycles. The van der Waals surface area contributed by atoms with E-state index in [0.717, 1.165) is 18.5 Å². The van der Waals surface area contributed by atoms with E-state index in [1.54, 1.807) is 6.07 Å². The molecule has 4 heteroatoms. The van der Waals surface area contributed by atoms with Crippen molar-refractivity contribution in [2.24, 2.45) is 5.92 Å². The summed E-state index contributed by atoms with van der Waals surface area (Å²) in [7, 11) is 4.17. The molecule has 0 saturated heterocycles. The van der Waals surface area contributed by atoms with Crippen LogP contribution in [0.5, 0.6) is 11.5 Å². The maximum atomic E-state index is 10.2. The third kappa shape index (κ3) is 6.36. The van der Waals surface area contributed by atoms with Crippen LogP contribution in [0, 0.1) is 5.92 Å². The van der Waals surface area contributed by atoms with Gasteiger partial charge in [-0.2, -0.15) is 0 Å². The number of hydrogen-bond acceptors (Lipinski definition) is 4. The number of likely N-dealkylation sites (N-methyl/N-ethyl adjacent to an activating group) is 1. The lowest BCUT2D eigenvalue weighted by Gasteiger charge is -2.24. The number of aromatic hydroxyl groups is 1. The average Bonchev–Trinajstić information content (AvgIpc) is 2.38. The number of para-hydroxylation sites is 1. The monoisotopic (exact) mass is 294 g/mol. The Labute approximate surface area is 129 Å². The van der Waals surface area contributed by atoms with Crippen molar-refractivity contribution in [2.75, 3.05) is 27.2 Å². The first-order valence-corrected chi connectivity index (χ1v) is 7.75. The van der Waals surface area contributed by atoms with Crippen molar-refractivity contribution in [3.63, 3.8) is 0 Å². The zero-order chi connectivity index (χ0) is 15.8. The lowest BCUT2D eigenvalue weighted by atomic mass is 10.0. The van der Waals surface area contributed by atoms with Gasteiger partial charge in [-0.3, -0.25) is 0 Å². The number of hydrogen-bond donors (Lipinski definition) is 2. The van der Waals surface area contributed by atoms with Crippen molar-refractivity contribution in [2.45, 2.75) is 39.8 Å². The van der Waals surface area contributed by atoms with Crippen LogP contribution >= 0.6 is 0 Å². The molecule has 4 nitrogen and oxygen atoms in total. The van der Waals surface area contributed by atoms with Crippen molar-refractivity contribution >= 4 is 0 Å². The highest BCUT2D eigenvalue weighted by Crippen LogP contribution is 2.29. The average molecular weight is 294 g/mol. The minimum absolute atomic E-state index is 0.250. The first-order valence-electron chi connectivity index (χ1n) is 7.75. The summed E-state index contributed by atoms with van der Waals surface area (Å²) in [5, 5.41) is 13.8. The second-order valence-electron chi connectivity index (χ2n) is 6.17. The summed E-state index contributed by atoms with van der Waals surface area (Å²) >= 11 is 0. The second-order valence-corrected chi connectivity index (χ2v) is 6.17. The second kappa shape index (κ2) is 8.90. The highest BCUT2D eigenvalue weighted by atomic mass is 16.5. The predicted molar refractivity (Wildman–Crippen MR) is 87.9 cm³/mol. The molecule has 0 aliphatic rings. The van der Waals surface area contributed by atoms with E-state index in [2.05, 4.69) is 38.2 Å². The van der Waals surface area contributed by atoms with Gasteiger partial charge in [-0.15, -0.1) is 0 Å². The Bertz CT molecular complexity index is 409. The molecule has 1 aromatic rings. The summed E-state index contributed by atoms with van der Waals surface area (Å²) in [5.74, 6) is 1.45. The van der Waals surface area contributed by atoms with Gasteiger partial charge in [0.05, 0.1) is 6.61 Å². The SMILES string of the molecule is CCOc1cccc(CNC(CC(C)C)CN(C)C)c1O. The molecule has 1 atom stereocenters. The Morgan fingerprint density at radius 3 is 2.57 bits per heavy atom. The van der Waals surface area contributed by atoms with Gasteiger partial charge in [0.2, 0.25) is 0 Å². The van der Waals surface area contributed by atoms with Gasteiger partial charge in [0.25, 0.3) is 0 Å². The van der Waals surface area contributed by atoms with Crippen LogP contribution in [0.1, 0.15) is 32.8 Å². The lowest BCUT2D eigenvalue weighted by molar-refractivity contribution is 0.300. The topological polar surface area (TPSA) is 44.7 Å². The Morgan fingerprint density at radius 2 is 2.00 bits per heavy atom. The van der Waals surface area contributed by atoms with Crippen LogP contribution in [0.2, 0.25) is 0 Å². The molecule has 0 fully saturated rings. The summed E-state index contributed by atoms with van der Waals surface area (Å²) < 4.78 is 5.43. The molecule has 0 saturated carbocycles. The number of ether oxygens (including phenoxy) is 1. The van der Waals surface area contributed by atoms with E-state index >= 15 is 0 Å². The number of nitrogens with one attached hydrogen (secondary N) is 1. The van der Waals surface area contributed by atoms with E-state index in [9.17, 15) is 5.11 Å². The summed E-state index contributed by atoms with van der Waals surface area (Å²) in [5.41, 5.74) is 0.883. The third-order valence-corrected chi connectivity index (χ3v) is 3.31. The number of benzene rings is 1. The third-order valence-electron chi connectivity index (χ3n) is 3.31. The molecule has 0 bridgehead atoms. The lowest BCUT2D eigenvalue weighted by Crippen LogP contribution is -2.38. The Hall–Kier alpha value is -1.26. The molecule has 0 aromatic heterocycles. The van der Waals surface area contributed by atoms with Crippen LogP contribution in [0.25, 0.3) is 0 Å². The molecular formula is C17H30N2O2. The highest BCUT2D eigenvalue weighted by Gasteiger charge is 2.13. The summed E-state index contributed by atoms with van der Waals surface area (Å²) in [4.78, 5) is 2.19. The van der Waals surface area contributed by atoms with E-state index in [4.69, 9.17) is 4.74 Å². The van der Waals surface area contributed by atoms with Gasteiger partial charge >= 0.3 is 0 Å². The van der Waals surface area contributed by atoms with Crippen molar-refractivity contribution in [3.05, 3.63) is 23.8 Å². The fourth-order valence-electron chi connectivity index (χ4n) is 2.47. The molecule has 21 heavy (non-hydrogen) atoms. The van der Waals surface area contributed by atoms with Crippen molar-refractivity contribution < 1.29 is 9.84 Å². The zero-order valence-electron chi connectivity index (χ0n) is 14.0. The van der Waals surface area contributed by atoms with Gasteiger partial charge in [-0.1, -0.05) is 26.0 Å². The van der Waals surface area contributed by atoms with Gasteiger partial charge in [0, 0.05) is 24.7 Å². The normalized spacial score (nSPS) is 12.9. The molecule has 2 N–H and O–H groups in total. The van der Waals surface area contributed by atoms with Crippen LogP contribution in [0.4, 0.5) is 0 Å². The van der Waals surface area contributed by atoms with Gasteiger partial charge in [0.1, 0.15) is 0 Å². The molecular weight excluding hydrogens is 264 g/mol. The smallest absolute Gasteiger partial charge is 0.162 e. The maximum Gasteiger partial charge on any atom is 0.162 e. The van der Waals surface area contributed by atoms with E-state index in [0.29, 0.717) is 30.9 Å². The first-order chi connectivity index (χ1) is 9.93. The van der Waals surface area contributed by atoms with Crippen LogP contribution in [0.15, 0.2) is 18.2 Å². The number of phenols is 1. The van der Waals surface area contributed by atoms with Gasteiger partial charge in [-0.25, -0.2) is 0 Å².